The third-order valence-corrected chi connectivity index (χ3v) is 7.58. The number of aryl methyl sites for hydroxylation is 1. The minimum atomic E-state index is -0.269. The summed E-state index contributed by atoms with van der Waals surface area (Å²) in [6.07, 6.45) is 3.43. The number of amides is 2. The van der Waals surface area contributed by atoms with E-state index in [0.29, 0.717) is 23.7 Å². The maximum absolute atomic E-state index is 13.7. The van der Waals surface area contributed by atoms with Gasteiger partial charge in [-0.1, -0.05) is 24.6 Å². The van der Waals surface area contributed by atoms with Crippen LogP contribution in [0.25, 0.3) is 21.1 Å². The Bertz CT molecular complexity index is 1350. The van der Waals surface area contributed by atoms with E-state index >= 15 is 0 Å². The van der Waals surface area contributed by atoms with E-state index in [1.807, 2.05) is 32.3 Å². The van der Waals surface area contributed by atoms with Crippen molar-refractivity contribution in [1.82, 2.24) is 14.5 Å². The number of benzene rings is 2. The van der Waals surface area contributed by atoms with Gasteiger partial charge in [-0.2, -0.15) is 0 Å². The molecule has 1 N–H and O–H groups in total. The molecular weight excluding hydrogens is 448 g/mol. The van der Waals surface area contributed by atoms with Crippen LogP contribution in [0, 0.1) is 0 Å². The number of carbonyl (C=O) groups is 2. The molecule has 0 bridgehead atoms. The minimum Gasteiger partial charge on any atom is -0.375 e. The molecule has 5 rings (SSSR count). The van der Waals surface area contributed by atoms with Crippen molar-refractivity contribution in [3.8, 4) is 0 Å². The smallest absolute Gasteiger partial charge is 0.256 e. The van der Waals surface area contributed by atoms with Crippen LogP contribution in [0.15, 0.2) is 42.5 Å². The number of ether oxygens (including phenoxy) is 1. The summed E-state index contributed by atoms with van der Waals surface area (Å²) >= 11 is 1.70. The largest absolute Gasteiger partial charge is 0.375 e. The Morgan fingerprint density at radius 1 is 1.24 bits per heavy atom. The average molecular weight is 477 g/mol. The maximum Gasteiger partial charge on any atom is 0.256 e. The van der Waals surface area contributed by atoms with Crippen molar-refractivity contribution in [1.29, 1.82) is 0 Å². The van der Waals surface area contributed by atoms with Crippen molar-refractivity contribution in [2.24, 2.45) is 7.05 Å². The first-order valence-electron chi connectivity index (χ1n) is 11.5. The maximum atomic E-state index is 13.7. The fourth-order valence-corrected chi connectivity index (χ4v) is 5.71. The molecule has 0 unspecified atom stereocenters. The van der Waals surface area contributed by atoms with Gasteiger partial charge in [0.1, 0.15) is 12.4 Å². The highest BCUT2D eigenvalue weighted by Gasteiger charge is 2.27. The van der Waals surface area contributed by atoms with Crippen molar-refractivity contribution >= 4 is 50.0 Å². The van der Waals surface area contributed by atoms with Gasteiger partial charge in [-0.25, -0.2) is 4.98 Å². The summed E-state index contributed by atoms with van der Waals surface area (Å²) in [7, 11) is 5.28. The SMILES string of the molecule is COCC(=O)Nc1cc(C(=O)N(C)Cc2cc3ccccc3s2)c2c(c1)nc(C1CCC1)n2C. The first kappa shape index (κ1) is 22.6. The summed E-state index contributed by atoms with van der Waals surface area (Å²) < 4.78 is 8.21. The third-order valence-electron chi connectivity index (χ3n) is 6.48. The zero-order valence-corrected chi connectivity index (χ0v) is 20.4. The summed E-state index contributed by atoms with van der Waals surface area (Å²) in [4.78, 5) is 33.6. The Hall–Kier alpha value is -3.23. The molecule has 0 atom stereocenters. The summed E-state index contributed by atoms with van der Waals surface area (Å²) in [5.74, 6) is 1.05. The molecule has 7 nitrogen and oxygen atoms in total. The van der Waals surface area contributed by atoms with E-state index in [-0.39, 0.29) is 18.4 Å². The summed E-state index contributed by atoms with van der Waals surface area (Å²) in [5, 5.41) is 4.03. The van der Waals surface area contributed by atoms with Gasteiger partial charge in [0.05, 0.1) is 23.1 Å². The molecule has 1 saturated carbocycles. The Balaban J connectivity index is 1.51. The molecule has 2 aromatic heterocycles. The number of carbonyl (C=O) groups excluding carboxylic acids is 2. The van der Waals surface area contributed by atoms with Crippen molar-refractivity contribution in [3.05, 3.63) is 58.7 Å². The highest BCUT2D eigenvalue weighted by atomic mass is 32.1. The molecule has 2 aromatic carbocycles. The lowest BCUT2D eigenvalue weighted by Crippen LogP contribution is -2.27. The van der Waals surface area contributed by atoms with Gasteiger partial charge in [0.25, 0.3) is 5.91 Å². The number of thiophene rings is 1. The average Bonchev–Trinajstić information content (AvgIpc) is 3.32. The molecule has 8 heteroatoms. The van der Waals surface area contributed by atoms with Gasteiger partial charge in [-0.3, -0.25) is 9.59 Å². The van der Waals surface area contributed by atoms with Crippen LogP contribution in [0.3, 0.4) is 0 Å². The van der Waals surface area contributed by atoms with E-state index in [1.54, 1.807) is 22.3 Å². The first-order valence-corrected chi connectivity index (χ1v) is 12.3. The van der Waals surface area contributed by atoms with Crippen LogP contribution in [-0.4, -0.2) is 47.0 Å². The number of aromatic nitrogens is 2. The Morgan fingerprint density at radius 3 is 2.74 bits per heavy atom. The number of nitrogens with one attached hydrogen (secondary N) is 1. The van der Waals surface area contributed by atoms with Crippen molar-refractivity contribution in [2.75, 3.05) is 26.1 Å². The van der Waals surface area contributed by atoms with Crippen LogP contribution in [0.4, 0.5) is 5.69 Å². The van der Waals surface area contributed by atoms with E-state index in [4.69, 9.17) is 9.72 Å². The molecule has 0 saturated heterocycles. The normalized spacial score (nSPS) is 13.9. The topological polar surface area (TPSA) is 76.5 Å². The molecule has 2 heterocycles. The number of rotatable bonds is 7. The summed E-state index contributed by atoms with van der Waals surface area (Å²) in [6, 6.07) is 14.0. The molecule has 1 fully saturated rings. The first-order chi connectivity index (χ1) is 16.4. The zero-order valence-electron chi connectivity index (χ0n) is 19.6. The standard InChI is InChI=1S/C26H28N4O3S/c1-29(14-19-11-17-7-4-5-10-22(17)34-19)26(32)20-12-18(27-23(31)15-33-3)13-21-24(20)30(2)25(28-21)16-8-6-9-16/h4-5,7,10-13,16H,6,8-9,14-15H2,1-3H3,(H,27,31). The second kappa shape index (κ2) is 9.19. The number of hydrogen-bond donors (Lipinski definition) is 1. The van der Waals surface area contributed by atoms with Gasteiger partial charge in [-0.15, -0.1) is 11.3 Å². The number of methoxy groups -OCH3 is 1. The lowest BCUT2D eigenvalue weighted by molar-refractivity contribution is -0.119. The van der Waals surface area contributed by atoms with Crippen LogP contribution in [0.5, 0.6) is 0 Å². The van der Waals surface area contributed by atoms with Crippen LogP contribution in [0.1, 0.15) is 46.2 Å². The molecule has 0 spiro atoms. The zero-order chi connectivity index (χ0) is 23.8. The highest BCUT2D eigenvalue weighted by molar-refractivity contribution is 7.19. The van der Waals surface area contributed by atoms with Gasteiger partial charge in [0.15, 0.2) is 0 Å². The van der Waals surface area contributed by atoms with Crippen molar-refractivity contribution < 1.29 is 14.3 Å². The van der Waals surface area contributed by atoms with E-state index in [2.05, 4.69) is 28.1 Å². The molecule has 4 aromatic rings. The predicted molar refractivity (Wildman–Crippen MR) is 135 cm³/mol. The lowest BCUT2D eigenvalue weighted by Gasteiger charge is -2.24. The molecule has 0 radical (unpaired) electrons. The van der Waals surface area contributed by atoms with Gasteiger partial charge in [0, 0.05) is 42.4 Å². The summed E-state index contributed by atoms with van der Waals surface area (Å²) in [6.45, 7) is 0.454. The number of nitrogens with zero attached hydrogens (tertiary/aromatic N) is 3. The van der Waals surface area contributed by atoms with Crippen molar-refractivity contribution in [3.63, 3.8) is 0 Å². The fraction of sp³-hybridized carbons (Fsp3) is 0.346. The molecule has 1 aliphatic rings. The number of hydrogen-bond acceptors (Lipinski definition) is 5. The Labute approximate surface area is 202 Å². The molecule has 2 amide bonds. The van der Waals surface area contributed by atoms with Crippen LogP contribution in [-0.2, 0) is 23.1 Å². The molecule has 0 aliphatic heterocycles. The van der Waals surface area contributed by atoms with E-state index in [9.17, 15) is 9.59 Å². The van der Waals surface area contributed by atoms with Crippen LogP contribution >= 0.6 is 11.3 Å². The molecule has 1 aliphatic carbocycles. The van der Waals surface area contributed by atoms with Gasteiger partial charge < -0.3 is 19.5 Å². The third kappa shape index (κ3) is 4.19. The van der Waals surface area contributed by atoms with Crippen LogP contribution in [0.2, 0.25) is 0 Å². The molecule has 176 valence electrons. The number of imidazole rings is 1. The number of fused-ring (bicyclic) bond motifs is 2. The van der Waals surface area contributed by atoms with Gasteiger partial charge >= 0.3 is 0 Å². The quantitative estimate of drug-likeness (QED) is 0.411. The fourth-order valence-electron chi connectivity index (χ4n) is 4.59. The van der Waals surface area contributed by atoms with Crippen molar-refractivity contribution in [2.45, 2.75) is 31.7 Å². The van der Waals surface area contributed by atoms with E-state index < -0.39 is 0 Å². The Kier molecular flexibility index (Phi) is 6.10. The molecule has 34 heavy (non-hydrogen) atoms. The second-order valence-electron chi connectivity index (χ2n) is 8.94. The summed E-state index contributed by atoms with van der Waals surface area (Å²) in [5.41, 5.74) is 2.61. The lowest BCUT2D eigenvalue weighted by atomic mass is 9.85. The monoisotopic (exact) mass is 476 g/mol. The minimum absolute atomic E-state index is 0.0529. The number of anilines is 1. The molecular formula is C26H28N4O3S. The highest BCUT2D eigenvalue weighted by Crippen LogP contribution is 2.38. The second-order valence-corrected chi connectivity index (χ2v) is 10.1. The van der Waals surface area contributed by atoms with E-state index in [0.717, 1.165) is 34.6 Å². The van der Waals surface area contributed by atoms with Gasteiger partial charge in [-0.05, 0) is 42.5 Å². The van der Waals surface area contributed by atoms with Gasteiger partial charge in [0.2, 0.25) is 5.91 Å². The van der Waals surface area contributed by atoms with E-state index in [1.165, 1.54) is 23.6 Å². The Morgan fingerprint density at radius 2 is 2.03 bits per heavy atom. The predicted octanol–water partition coefficient (Wildman–Crippen LogP) is 4.91. The van der Waals surface area contributed by atoms with Crippen LogP contribution < -0.4 is 5.32 Å².